The van der Waals surface area contributed by atoms with Crippen molar-refractivity contribution in [3.63, 3.8) is 0 Å². The normalized spacial score (nSPS) is 20.7. The number of carbonyl (C=O) groups is 1. The SMILES string of the molecule is O=C(CNCC1Cc2ccccc2O1)NCC1CC1. The minimum Gasteiger partial charge on any atom is -0.488 e. The summed E-state index contributed by atoms with van der Waals surface area (Å²) in [6.07, 6.45) is 3.60. The van der Waals surface area contributed by atoms with Gasteiger partial charge in [0.2, 0.25) is 5.91 Å². The van der Waals surface area contributed by atoms with Crippen molar-refractivity contribution >= 4 is 5.91 Å². The number of rotatable bonds is 6. The molecule has 1 aliphatic heterocycles. The first-order valence-corrected chi connectivity index (χ1v) is 7.03. The Morgan fingerprint density at radius 3 is 2.89 bits per heavy atom. The first-order valence-electron chi connectivity index (χ1n) is 7.03. The first-order chi connectivity index (χ1) is 9.31. The number of hydrogen-bond donors (Lipinski definition) is 2. The molecule has 0 spiro atoms. The first kappa shape index (κ1) is 12.5. The summed E-state index contributed by atoms with van der Waals surface area (Å²) >= 11 is 0. The third kappa shape index (κ3) is 3.47. The second kappa shape index (κ2) is 5.61. The number of fused-ring (bicyclic) bond motifs is 1. The van der Waals surface area contributed by atoms with Gasteiger partial charge in [0.15, 0.2) is 0 Å². The van der Waals surface area contributed by atoms with E-state index in [-0.39, 0.29) is 12.0 Å². The minimum atomic E-state index is 0.0856. The summed E-state index contributed by atoms with van der Waals surface area (Å²) < 4.78 is 5.80. The molecule has 1 unspecified atom stereocenters. The van der Waals surface area contributed by atoms with Crippen LogP contribution in [0.4, 0.5) is 0 Å². The summed E-state index contributed by atoms with van der Waals surface area (Å²) in [4.78, 5) is 11.6. The predicted molar refractivity (Wildman–Crippen MR) is 73.2 cm³/mol. The van der Waals surface area contributed by atoms with Crippen molar-refractivity contribution in [2.24, 2.45) is 5.92 Å². The van der Waals surface area contributed by atoms with Gasteiger partial charge in [-0.3, -0.25) is 4.79 Å². The topological polar surface area (TPSA) is 50.4 Å². The Morgan fingerprint density at radius 2 is 2.11 bits per heavy atom. The summed E-state index contributed by atoms with van der Waals surface area (Å²) in [5, 5.41) is 6.11. The number of carbonyl (C=O) groups excluding carboxylic acids is 1. The molecular formula is C15H20N2O2. The highest BCUT2D eigenvalue weighted by Crippen LogP contribution is 2.28. The monoisotopic (exact) mass is 260 g/mol. The van der Waals surface area contributed by atoms with Crippen molar-refractivity contribution in [3.05, 3.63) is 29.8 Å². The average Bonchev–Trinajstić information content (AvgIpc) is 3.15. The van der Waals surface area contributed by atoms with Crippen LogP contribution in [0.25, 0.3) is 0 Å². The van der Waals surface area contributed by atoms with Crippen LogP contribution in [0.5, 0.6) is 5.75 Å². The molecule has 1 fully saturated rings. The van der Waals surface area contributed by atoms with Crippen molar-refractivity contribution < 1.29 is 9.53 Å². The molecule has 1 aliphatic carbocycles. The van der Waals surface area contributed by atoms with Crippen LogP contribution >= 0.6 is 0 Å². The van der Waals surface area contributed by atoms with Gasteiger partial charge < -0.3 is 15.4 Å². The van der Waals surface area contributed by atoms with E-state index < -0.39 is 0 Å². The molecule has 0 radical (unpaired) electrons. The second-order valence-corrected chi connectivity index (χ2v) is 5.43. The predicted octanol–water partition coefficient (Wildman–Crippen LogP) is 1.11. The van der Waals surface area contributed by atoms with Gasteiger partial charge in [-0.15, -0.1) is 0 Å². The van der Waals surface area contributed by atoms with E-state index in [1.54, 1.807) is 0 Å². The van der Waals surface area contributed by atoms with Gasteiger partial charge >= 0.3 is 0 Å². The van der Waals surface area contributed by atoms with E-state index in [1.807, 2.05) is 18.2 Å². The highest BCUT2D eigenvalue weighted by Gasteiger charge is 2.23. The zero-order valence-corrected chi connectivity index (χ0v) is 11.0. The van der Waals surface area contributed by atoms with Gasteiger partial charge in [0.1, 0.15) is 11.9 Å². The lowest BCUT2D eigenvalue weighted by Gasteiger charge is -2.11. The van der Waals surface area contributed by atoms with E-state index in [1.165, 1.54) is 18.4 Å². The van der Waals surface area contributed by atoms with Gasteiger partial charge in [0.05, 0.1) is 6.54 Å². The summed E-state index contributed by atoms with van der Waals surface area (Å²) in [5.41, 5.74) is 1.26. The Labute approximate surface area is 113 Å². The van der Waals surface area contributed by atoms with Crippen LogP contribution in [0.2, 0.25) is 0 Å². The van der Waals surface area contributed by atoms with Crippen molar-refractivity contribution in [1.29, 1.82) is 0 Å². The smallest absolute Gasteiger partial charge is 0.233 e. The molecule has 102 valence electrons. The Morgan fingerprint density at radius 1 is 1.26 bits per heavy atom. The number of amides is 1. The fraction of sp³-hybridized carbons (Fsp3) is 0.533. The summed E-state index contributed by atoms with van der Waals surface area (Å²) in [6, 6.07) is 8.11. The van der Waals surface area contributed by atoms with Crippen molar-refractivity contribution in [2.75, 3.05) is 19.6 Å². The zero-order valence-electron chi connectivity index (χ0n) is 11.0. The van der Waals surface area contributed by atoms with E-state index in [4.69, 9.17) is 4.74 Å². The summed E-state index contributed by atoms with van der Waals surface area (Å²) in [7, 11) is 0. The van der Waals surface area contributed by atoms with Crippen LogP contribution in [0.3, 0.4) is 0 Å². The molecule has 1 aromatic carbocycles. The molecule has 0 bridgehead atoms. The molecule has 1 heterocycles. The fourth-order valence-electron chi connectivity index (χ4n) is 2.36. The van der Waals surface area contributed by atoms with Crippen molar-refractivity contribution in [2.45, 2.75) is 25.4 Å². The molecule has 1 saturated carbocycles. The van der Waals surface area contributed by atoms with Gasteiger partial charge in [-0.05, 0) is 30.4 Å². The highest BCUT2D eigenvalue weighted by atomic mass is 16.5. The van der Waals surface area contributed by atoms with E-state index in [0.29, 0.717) is 13.1 Å². The van der Waals surface area contributed by atoms with E-state index >= 15 is 0 Å². The molecule has 2 N–H and O–H groups in total. The Balaban J connectivity index is 1.34. The largest absolute Gasteiger partial charge is 0.488 e. The van der Waals surface area contributed by atoms with E-state index in [2.05, 4.69) is 16.7 Å². The Bertz CT molecular complexity index is 432. The summed E-state index contributed by atoms with van der Waals surface area (Å²) in [5.74, 6) is 1.80. The fourth-order valence-corrected chi connectivity index (χ4v) is 2.36. The minimum absolute atomic E-state index is 0.0856. The molecule has 2 aliphatic rings. The average molecular weight is 260 g/mol. The third-order valence-corrected chi connectivity index (χ3v) is 3.66. The maximum absolute atomic E-state index is 11.6. The second-order valence-electron chi connectivity index (χ2n) is 5.43. The van der Waals surface area contributed by atoms with Gasteiger partial charge in [0, 0.05) is 19.5 Å². The summed E-state index contributed by atoms with van der Waals surface area (Å²) in [6.45, 7) is 1.93. The molecule has 3 rings (SSSR count). The molecule has 4 heteroatoms. The van der Waals surface area contributed by atoms with Gasteiger partial charge in [0.25, 0.3) is 0 Å². The molecule has 1 atom stereocenters. The quantitative estimate of drug-likeness (QED) is 0.805. The molecule has 1 aromatic rings. The van der Waals surface area contributed by atoms with Crippen LogP contribution in [0.15, 0.2) is 24.3 Å². The standard InChI is InChI=1S/C15H20N2O2/c18-15(17-8-11-5-6-11)10-16-9-13-7-12-3-1-2-4-14(12)19-13/h1-4,11,13,16H,5-10H2,(H,17,18). The van der Waals surface area contributed by atoms with Gasteiger partial charge in [-0.2, -0.15) is 0 Å². The molecule has 0 saturated heterocycles. The highest BCUT2D eigenvalue weighted by molar-refractivity contribution is 5.78. The lowest BCUT2D eigenvalue weighted by atomic mass is 10.1. The Hall–Kier alpha value is -1.55. The maximum Gasteiger partial charge on any atom is 0.233 e. The number of nitrogens with one attached hydrogen (secondary N) is 2. The zero-order chi connectivity index (χ0) is 13.1. The Kier molecular flexibility index (Phi) is 3.69. The van der Waals surface area contributed by atoms with Crippen LogP contribution in [0.1, 0.15) is 18.4 Å². The lowest BCUT2D eigenvalue weighted by molar-refractivity contribution is -0.120. The van der Waals surface area contributed by atoms with Gasteiger partial charge in [-0.1, -0.05) is 18.2 Å². The third-order valence-electron chi connectivity index (χ3n) is 3.66. The van der Waals surface area contributed by atoms with Gasteiger partial charge in [-0.25, -0.2) is 0 Å². The molecule has 4 nitrogen and oxygen atoms in total. The number of para-hydroxylation sites is 1. The molecular weight excluding hydrogens is 240 g/mol. The number of benzene rings is 1. The van der Waals surface area contributed by atoms with E-state index in [0.717, 1.165) is 24.6 Å². The van der Waals surface area contributed by atoms with Crippen LogP contribution in [0, 0.1) is 5.92 Å². The van der Waals surface area contributed by atoms with Crippen molar-refractivity contribution in [3.8, 4) is 5.75 Å². The van der Waals surface area contributed by atoms with Crippen molar-refractivity contribution in [1.82, 2.24) is 10.6 Å². The maximum atomic E-state index is 11.6. The van der Waals surface area contributed by atoms with Crippen LogP contribution < -0.4 is 15.4 Å². The number of ether oxygens (including phenoxy) is 1. The van der Waals surface area contributed by atoms with Crippen LogP contribution in [-0.4, -0.2) is 31.6 Å². The lowest BCUT2D eigenvalue weighted by Crippen LogP contribution is -2.39. The van der Waals surface area contributed by atoms with E-state index in [9.17, 15) is 4.79 Å². The van der Waals surface area contributed by atoms with Crippen LogP contribution in [-0.2, 0) is 11.2 Å². The molecule has 19 heavy (non-hydrogen) atoms. The molecule has 1 amide bonds. The molecule has 0 aromatic heterocycles. The number of hydrogen-bond acceptors (Lipinski definition) is 3.